The van der Waals surface area contributed by atoms with Gasteiger partial charge in [0.05, 0.1) is 12.8 Å². The van der Waals surface area contributed by atoms with Crippen LogP contribution in [0.2, 0.25) is 0 Å². The number of fused-ring (bicyclic) bond motifs is 2. The van der Waals surface area contributed by atoms with Gasteiger partial charge in [-0.2, -0.15) is 9.67 Å². The lowest BCUT2D eigenvalue weighted by Crippen LogP contribution is -2.36. The first-order chi connectivity index (χ1) is 17.8. The molecule has 12 heteroatoms. The predicted octanol–water partition coefficient (Wildman–Crippen LogP) is 1.60. The average Bonchev–Trinajstić information content (AvgIpc) is 3.55. The zero-order valence-corrected chi connectivity index (χ0v) is 21.8. The largest absolute Gasteiger partial charge is 0.492 e. The molecule has 0 fully saturated rings. The molecule has 194 valence electrons. The fourth-order valence-corrected chi connectivity index (χ4v) is 4.81. The number of likely N-dealkylation sites (N-methyl/N-ethyl adjacent to an activating group) is 1. The minimum atomic E-state index is -0.331. The van der Waals surface area contributed by atoms with Crippen LogP contribution in [-0.2, 0) is 6.42 Å². The van der Waals surface area contributed by atoms with Crippen LogP contribution < -0.4 is 14.2 Å². The van der Waals surface area contributed by atoms with Crippen molar-refractivity contribution >= 4 is 11.9 Å². The van der Waals surface area contributed by atoms with Crippen molar-refractivity contribution in [1.82, 2.24) is 34.9 Å². The number of carbonyl (C=O) groups is 1. The number of methoxy groups -OCH3 is 1. The van der Waals surface area contributed by atoms with Crippen molar-refractivity contribution in [3.63, 3.8) is 0 Å². The van der Waals surface area contributed by atoms with Crippen LogP contribution in [0.1, 0.15) is 33.4 Å². The maximum absolute atomic E-state index is 12.8. The van der Waals surface area contributed by atoms with Gasteiger partial charge in [0.2, 0.25) is 18.5 Å². The normalized spacial score (nSPS) is 16.2. The molecule has 0 bridgehead atoms. The third-order valence-corrected chi connectivity index (χ3v) is 6.49. The molecule has 1 atom stereocenters. The molecule has 0 saturated heterocycles. The Balaban J connectivity index is 1.51. The van der Waals surface area contributed by atoms with Crippen LogP contribution in [0, 0.1) is 0 Å². The molecule has 5 rings (SSSR count). The second-order valence-corrected chi connectivity index (χ2v) is 9.35. The van der Waals surface area contributed by atoms with Gasteiger partial charge in [0, 0.05) is 45.9 Å². The van der Waals surface area contributed by atoms with Crippen LogP contribution in [0.4, 0.5) is 0 Å². The van der Waals surface area contributed by atoms with Crippen molar-refractivity contribution < 1.29 is 19.0 Å². The first-order valence-corrected chi connectivity index (χ1v) is 11.9. The molecule has 2 aliphatic heterocycles. The van der Waals surface area contributed by atoms with E-state index in [4.69, 9.17) is 14.2 Å². The van der Waals surface area contributed by atoms with Gasteiger partial charge in [-0.05, 0) is 59.8 Å². The summed E-state index contributed by atoms with van der Waals surface area (Å²) in [7, 11) is 11.0. The Kier molecular flexibility index (Phi) is 6.42. The number of benzene rings is 2. The first-order valence-electron chi connectivity index (χ1n) is 11.9. The number of hydrogen-bond acceptors (Lipinski definition) is 8. The molecule has 0 spiro atoms. The minimum absolute atomic E-state index is 0.159. The molecule has 3 heterocycles. The number of hydrogen-bond donors (Lipinski definition) is 0. The summed E-state index contributed by atoms with van der Waals surface area (Å²) in [5, 5.41) is 12.7. The summed E-state index contributed by atoms with van der Waals surface area (Å²) >= 11 is 0. The standard InChI is InChI=1S/C25H30N8O4/c1-30(2)25(31(3)4)26-24(34)15-7-9-17(10-8-15)33-23(27-28-29-33)20-19-16(11-12-32(20)5)13-18-21(22(19)35-6)37-14-36-18/h7-10,13,20H,11-12,14H2,1-6H3. The van der Waals surface area contributed by atoms with Crippen molar-refractivity contribution in [2.24, 2.45) is 4.99 Å². The Morgan fingerprint density at radius 1 is 1.14 bits per heavy atom. The van der Waals surface area contributed by atoms with Gasteiger partial charge in [-0.3, -0.25) is 9.69 Å². The second kappa shape index (κ2) is 9.69. The summed E-state index contributed by atoms with van der Waals surface area (Å²) in [5.41, 5.74) is 3.25. The van der Waals surface area contributed by atoms with Crippen LogP contribution in [0.25, 0.3) is 5.69 Å². The van der Waals surface area contributed by atoms with Crippen molar-refractivity contribution in [2.45, 2.75) is 12.5 Å². The Morgan fingerprint density at radius 2 is 1.86 bits per heavy atom. The van der Waals surface area contributed by atoms with E-state index < -0.39 is 0 Å². The summed E-state index contributed by atoms with van der Waals surface area (Å²) in [6.07, 6.45) is 0.829. The highest BCUT2D eigenvalue weighted by Gasteiger charge is 2.37. The topological polar surface area (TPSA) is 110 Å². The van der Waals surface area contributed by atoms with E-state index in [2.05, 4.69) is 25.4 Å². The molecule has 2 aromatic carbocycles. The molecule has 1 amide bonds. The van der Waals surface area contributed by atoms with E-state index in [1.54, 1.807) is 33.7 Å². The number of amides is 1. The number of guanidine groups is 1. The molecule has 1 unspecified atom stereocenters. The van der Waals surface area contributed by atoms with E-state index in [9.17, 15) is 4.79 Å². The Hall–Kier alpha value is -4.19. The molecule has 0 saturated carbocycles. The van der Waals surface area contributed by atoms with Crippen molar-refractivity contribution in [3.05, 3.63) is 52.8 Å². The van der Waals surface area contributed by atoms with Gasteiger partial charge in [-0.15, -0.1) is 5.10 Å². The monoisotopic (exact) mass is 506 g/mol. The van der Waals surface area contributed by atoms with E-state index >= 15 is 0 Å². The van der Waals surface area contributed by atoms with E-state index in [0.717, 1.165) is 29.8 Å². The van der Waals surface area contributed by atoms with E-state index in [1.165, 1.54) is 0 Å². The summed E-state index contributed by atoms with van der Waals surface area (Å²) in [4.78, 5) is 22.8. The highest BCUT2D eigenvalue weighted by atomic mass is 16.7. The average molecular weight is 507 g/mol. The fraction of sp³-hybridized carbons (Fsp3) is 0.400. The molecule has 3 aromatic rings. The molecule has 37 heavy (non-hydrogen) atoms. The van der Waals surface area contributed by atoms with E-state index in [-0.39, 0.29) is 18.7 Å². The van der Waals surface area contributed by atoms with Gasteiger partial charge in [-0.25, -0.2) is 0 Å². The number of aromatic nitrogens is 4. The number of rotatable bonds is 4. The van der Waals surface area contributed by atoms with E-state index in [0.29, 0.717) is 34.6 Å². The summed E-state index contributed by atoms with van der Waals surface area (Å²) in [6.45, 7) is 0.964. The number of aliphatic imine (C=N–C) groups is 1. The van der Waals surface area contributed by atoms with Crippen LogP contribution in [-0.4, -0.2) is 102 Å². The number of ether oxygens (including phenoxy) is 3. The van der Waals surface area contributed by atoms with Crippen molar-refractivity contribution in [3.8, 4) is 22.9 Å². The molecule has 2 aliphatic rings. The van der Waals surface area contributed by atoms with Crippen molar-refractivity contribution in [2.75, 3.05) is 55.7 Å². The third-order valence-electron chi connectivity index (χ3n) is 6.49. The van der Waals surface area contributed by atoms with Crippen LogP contribution in [0.3, 0.4) is 0 Å². The molecule has 12 nitrogen and oxygen atoms in total. The first kappa shape index (κ1) is 24.5. The van der Waals surface area contributed by atoms with Crippen molar-refractivity contribution in [1.29, 1.82) is 0 Å². The Labute approximate surface area is 215 Å². The van der Waals surface area contributed by atoms with Gasteiger partial charge in [0.1, 0.15) is 6.04 Å². The Bertz CT molecular complexity index is 1340. The lowest BCUT2D eigenvalue weighted by Gasteiger charge is -2.34. The molecule has 1 aromatic heterocycles. The smallest absolute Gasteiger partial charge is 0.280 e. The summed E-state index contributed by atoms with van der Waals surface area (Å²) in [5.74, 6) is 2.77. The number of nitrogens with zero attached hydrogens (tertiary/aromatic N) is 8. The zero-order chi connectivity index (χ0) is 26.3. The number of carbonyl (C=O) groups excluding carboxylic acids is 1. The molecule has 0 N–H and O–H groups in total. The summed E-state index contributed by atoms with van der Waals surface area (Å²) < 4.78 is 18.9. The maximum atomic E-state index is 12.8. The zero-order valence-electron chi connectivity index (χ0n) is 21.8. The molecule has 0 radical (unpaired) electrons. The molecular weight excluding hydrogens is 476 g/mol. The van der Waals surface area contributed by atoms with Gasteiger partial charge in [-0.1, -0.05) is 0 Å². The fourth-order valence-electron chi connectivity index (χ4n) is 4.81. The van der Waals surface area contributed by atoms with Crippen LogP contribution in [0.15, 0.2) is 35.3 Å². The molecular formula is C25H30N8O4. The molecule has 0 aliphatic carbocycles. The Morgan fingerprint density at radius 3 is 2.54 bits per heavy atom. The lowest BCUT2D eigenvalue weighted by molar-refractivity contribution is 0.0999. The maximum Gasteiger partial charge on any atom is 0.280 e. The minimum Gasteiger partial charge on any atom is -0.492 e. The van der Waals surface area contributed by atoms with Gasteiger partial charge in [0.25, 0.3) is 5.91 Å². The highest BCUT2D eigenvalue weighted by Crippen LogP contribution is 2.50. The highest BCUT2D eigenvalue weighted by molar-refractivity contribution is 6.02. The SMILES string of the molecule is COc1c2c(cc3c1C(c1nnnn1-c1ccc(C(=O)N=C(N(C)C)N(C)C)cc1)N(C)CC3)OCO2. The van der Waals surface area contributed by atoms with E-state index in [1.807, 2.05) is 53.4 Å². The third kappa shape index (κ3) is 4.33. The van der Waals surface area contributed by atoms with Gasteiger partial charge in [0.15, 0.2) is 17.3 Å². The van der Waals surface area contributed by atoms with Gasteiger partial charge >= 0.3 is 0 Å². The lowest BCUT2D eigenvalue weighted by atomic mass is 9.90. The number of tetrazole rings is 1. The van der Waals surface area contributed by atoms with Crippen LogP contribution >= 0.6 is 0 Å². The second-order valence-electron chi connectivity index (χ2n) is 9.35. The predicted molar refractivity (Wildman–Crippen MR) is 136 cm³/mol. The quantitative estimate of drug-likeness (QED) is 0.382. The van der Waals surface area contributed by atoms with Crippen LogP contribution in [0.5, 0.6) is 17.2 Å². The van der Waals surface area contributed by atoms with Gasteiger partial charge < -0.3 is 24.0 Å². The summed E-state index contributed by atoms with van der Waals surface area (Å²) in [6, 6.07) is 8.82.